The minimum atomic E-state index is -0.929. The fraction of sp³-hybridized carbons (Fsp3) is 0.308. The summed E-state index contributed by atoms with van der Waals surface area (Å²) in [7, 11) is 0. The highest BCUT2D eigenvalue weighted by molar-refractivity contribution is 6.08. The summed E-state index contributed by atoms with van der Waals surface area (Å²) in [6.45, 7) is 1.44. The van der Waals surface area contributed by atoms with E-state index >= 15 is 0 Å². The number of fused-ring (bicyclic) bond motifs is 2. The van der Waals surface area contributed by atoms with Crippen molar-refractivity contribution in [3.8, 4) is 0 Å². The maximum absolute atomic E-state index is 12.0. The molecule has 1 saturated heterocycles. The van der Waals surface area contributed by atoms with Gasteiger partial charge in [0, 0.05) is 12.6 Å². The second-order valence-corrected chi connectivity index (χ2v) is 4.87. The number of urea groups is 1. The van der Waals surface area contributed by atoms with Gasteiger partial charge in [0.05, 0.1) is 0 Å². The fourth-order valence-corrected chi connectivity index (χ4v) is 2.81. The summed E-state index contributed by atoms with van der Waals surface area (Å²) in [4.78, 5) is 34.3. The average Bonchev–Trinajstić information content (AvgIpc) is 2.81. The Morgan fingerprint density at radius 1 is 1.37 bits per heavy atom. The second-order valence-electron chi connectivity index (χ2n) is 4.87. The molecular weight excluding hydrogens is 246 g/mol. The van der Waals surface area contributed by atoms with Crippen LogP contribution in [0.3, 0.4) is 0 Å². The first-order chi connectivity index (χ1) is 9.01. The predicted molar refractivity (Wildman–Crippen MR) is 67.4 cm³/mol. The van der Waals surface area contributed by atoms with Gasteiger partial charge in [0.1, 0.15) is 5.54 Å². The Hall–Kier alpha value is -2.37. The van der Waals surface area contributed by atoms with Crippen LogP contribution in [0.4, 0.5) is 10.5 Å². The van der Waals surface area contributed by atoms with Crippen LogP contribution in [0, 0.1) is 0 Å². The Kier molecular flexibility index (Phi) is 2.35. The van der Waals surface area contributed by atoms with Crippen molar-refractivity contribution in [2.45, 2.75) is 25.3 Å². The zero-order chi connectivity index (χ0) is 13.6. The average molecular weight is 259 g/mol. The molecule has 0 saturated carbocycles. The van der Waals surface area contributed by atoms with Crippen LogP contribution in [0.5, 0.6) is 0 Å². The molecule has 1 fully saturated rings. The zero-order valence-electron chi connectivity index (χ0n) is 10.4. The molecule has 0 unspecified atom stereocenters. The largest absolute Gasteiger partial charge is 0.326 e. The first-order valence-electron chi connectivity index (χ1n) is 6.06. The number of hydrogen-bond acceptors (Lipinski definition) is 3. The van der Waals surface area contributed by atoms with E-state index in [1.165, 1.54) is 6.92 Å². The van der Waals surface area contributed by atoms with Crippen molar-refractivity contribution < 1.29 is 14.4 Å². The second kappa shape index (κ2) is 3.81. The van der Waals surface area contributed by atoms with E-state index in [2.05, 4.69) is 16.0 Å². The van der Waals surface area contributed by atoms with Gasteiger partial charge in [-0.3, -0.25) is 14.9 Å². The van der Waals surface area contributed by atoms with E-state index in [1.54, 1.807) is 12.1 Å². The number of hydrogen-bond donors (Lipinski definition) is 3. The summed E-state index contributed by atoms with van der Waals surface area (Å²) in [5, 5.41) is 7.69. The number of rotatable bonds is 1. The number of amides is 4. The topological polar surface area (TPSA) is 87.3 Å². The van der Waals surface area contributed by atoms with Gasteiger partial charge in [-0.05, 0) is 36.1 Å². The lowest BCUT2D eigenvalue weighted by atomic mass is 9.92. The first-order valence-corrected chi connectivity index (χ1v) is 6.06. The Morgan fingerprint density at radius 3 is 2.79 bits per heavy atom. The molecule has 6 nitrogen and oxygen atoms in total. The molecule has 3 rings (SSSR count). The molecule has 1 spiro atoms. The highest BCUT2D eigenvalue weighted by Gasteiger charge is 2.51. The van der Waals surface area contributed by atoms with Crippen molar-refractivity contribution in [3.63, 3.8) is 0 Å². The van der Waals surface area contributed by atoms with Crippen LogP contribution in [0.15, 0.2) is 18.2 Å². The van der Waals surface area contributed by atoms with E-state index < -0.39 is 11.6 Å². The van der Waals surface area contributed by atoms with E-state index in [0.717, 1.165) is 11.1 Å². The molecule has 1 atom stereocenters. The van der Waals surface area contributed by atoms with Gasteiger partial charge in [0.15, 0.2) is 0 Å². The molecule has 3 N–H and O–H groups in total. The van der Waals surface area contributed by atoms with Crippen molar-refractivity contribution >= 4 is 23.5 Å². The third kappa shape index (κ3) is 1.68. The SMILES string of the molecule is CC(=O)Nc1ccc2c(c1)CC[C@]21NC(=O)NC1=O. The molecule has 0 aromatic heterocycles. The maximum Gasteiger partial charge on any atom is 0.322 e. The zero-order valence-corrected chi connectivity index (χ0v) is 10.4. The van der Waals surface area contributed by atoms with Crippen molar-refractivity contribution in [3.05, 3.63) is 29.3 Å². The number of nitrogens with one attached hydrogen (secondary N) is 3. The summed E-state index contributed by atoms with van der Waals surface area (Å²) in [6, 6.07) is 4.93. The van der Waals surface area contributed by atoms with Gasteiger partial charge in [-0.2, -0.15) is 0 Å². The molecule has 0 radical (unpaired) electrons. The van der Waals surface area contributed by atoms with Crippen LogP contribution >= 0.6 is 0 Å². The Balaban J connectivity index is 2.00. The normalized spacial score (nSPS) is 24.1. The summed E-state index contributed by atoms with van der Waals surface area (Å²) >= 11 is 0. The van der Waals surface area contributed by atoms with Crippen LogP contribution in [-0.4, -0.2) is 17.8 Å². The number of anilines is 1. The lowest BCUT2D eigenvalue weighted by molar-refractivity contribution is -0.124. The summed E-state index contributed by atoms with van der Waals surface area (Å²) in [5.41, 5.74) is 1.56. The van der Waals surface area contributed by atoms with E-state index in [-0.39, 0.29) is 11.8 Å². The van der Waals surface area contributed by atoms with E-state index in [0.29, 0.717) is 18.5 Å². The lowest BCUT2D eigenvalue weighted by Crippen LogP contribution is -2.41. The molecule has 1 aromatic rings. The summed E-state index contributed by atoms with van der Waals surface area (Å²) in [6.07, 6.45) is 1.24. The molecule has 19 heavy (non-hydrogen) atoms. The minimum Gasteiger partial charge on any atom is -0.326 e. The lowest BCUT2D eigenvalue weighted by Gasteiger charge is -2.21. The van der Waals surface area contributed by atoms with Gasteiger partial charge in [-0.15, -0.1) is 0 Å². The van der Waals surface area contributed by atoms with Crippen LogP contribution in [-0.2, 0) is 21.5 Å². The summed E-state index contributed by atoms with van der Waals surface area (Å²) < 4.78 is 0. The van der Waals surface area contributed by atoms with Gasteiger partial charge < -0.3 is 10.6 Å². The highest BCUT2D eigenvalue weighted by Crippen LogP contribution is 2.40. The monoisotopic (exact) mass is 259 g/mol. The van der Waals surface area contributed by atoms with Gasteiger partial charge in [0.2, 0.25) is 5.91 Å². The van der Waals surface area contributed by atoms with E-state index in [1.807, 2.05) is 6.07 Å². The van der Waals surface area contributed by atoms with E-state index in [4.69, 9.17) is 0 Å². The van der Waals surface area contributed by atoms with Gasteiger partial charge in [0.25, 0.3) is 5.91 Å². The molecule has 6 heteroatoms. The van der Waals surface area contributed by atoms with Gasteiger partial charge >= 0.3 is 6.03 Å². The third-order valence-electron chi connectivity index (χ3n) is 3.60. The van der Waals surface area contributed by atoms with E-state index in [9.17, 15) is 14.4 Å². The Morgan fingerprint density at radius 2 is 2.16 bits per heavy atom. The Bertz CT molecular complexity index is 611. The van der Waals surface area contributed by atoms with Crippen molar-refractivity contribution in [2.75, 3.05) is 5.32 Å². The minimum absolute atomic E-state index is 0.139. The standard InChI is InChI=1S/C13H13N3O3/c1-7(17)14-9-2-3-10-8(6-9)4-5-13(10)11(18)15-12(19)16-13/h2-3,6H,4-5H2,1H3,(H,14,17)(H2,15,16,18,19)/t13-/m0/s1. The van der Waals surface area contributed by atoms with Crippen LogP contribution in [0.25, 0.3) is 0 Å². The molecule has 1 aliphatic carbocycles. The highest BCUT2D eigenvalue weighted by atomic mass is 16.2. The van der Waals surface area contributed by atoms with Crippen molar-refractivity contribution in [1.29, 1.82) is 0 Å². The molecule has 2 aliphatic rings. The fourth-order valence-electron chi connectivity index (χ4n) is 2.81. The Labute approximate surface area is 109 Å². The maximum atomic E-state index is 12.0. The number of aryl methyl sites for hydroxylation is 1. The molecule has 1 aromatic carbocycles. The van der Waals surface area contributed by atoms with Gasteiger partial charge in [-0.1, -0.05) is 6.07 Å². The predicted octanol–water partition coefficient (Wildman–Crippen LogP) is 0.626. The number of imide groups is 1. The van der Waals surface area contributed by atoms with Crippen molar-refractivity contribution in [2.24, 2.45) is 0 Å². The number of carbonyl (C=O) groups excluding carboxylic acids is 3. The van der Waals surface area contributed by atoms with Crippen LogP contribution in [0.2, 0.25) is 0 Å². The number of carbonyl (C=O) groups is 3. The third-order valence-corrected chi connectivity index (χ3v) is 3.60. The molecular formula is C13H13N3O3. The molecule has 1 heterocycles. The first kappa shape index (κ1) is 11.7. The van der Waals surface area contributed by atoms with Gasteiger partial charge in [-0.25, -0.2) is 4.79 Å². The quantitative estimate of drug-likeness (QED) is 0.646. The molecule has 1 aliphatic heterocycles. The molecule has 0 bridgehead atoms. The van der Waals surface area contributed by atoms with Crippen molar-refractivity contribution in [1.82, 2.24) is 10.6 Å². The number of benzene rings is 1. The smallest absolute Gasteiger partial charge is 0.322 e. The molecule has 4 amide bonds. The van der Waals surface area contributed by atoms with Crippen LogP contribution in [0.1, 0.15) is 24.5 Å². The molecule has 98 valence electrons. The van der Waals surface area contributed by atoms with Crippen LogP contribution < -0.4 is 16.0 Å². The summed E-state index contributed by atoms with van der Waals surface area (Å²) in [5.74, 6) is -0.442.